The minimum absolute atomic E-state index is 0.721. The van der Waals surface area contributed by atoms with Crippen LogP contribution in [0.2, 0.25) is 5.02 Å². The number of thiophene rings is 1. The molecule has 1 aromatic carbocycles. The van der Waals surface area contributed by atoms with Crippen molar-refractivity contribution >= 4 is 38.8 Å². The van der Waals surface area contributed by atoms with Crippen LogP contribution in [-0.4, -0.2) is 29.0 Å². The predicted molar refractivity (Wildman–Crippen MR) is 93.6 cm³/mol. The number of hydrogen-bond donors (Lipinski definition) is 1. The van der Waals surface area contributed by atoms with E-state index in [-0.39, 0.29) is 0 Å². The van der Waals surface area contributed by atoms with Crippen LogP contribution < -0.4 is 5.32 Å². The van der Waals surface area contributed by atoms with E-state index in [1.807, 2.05) is 32.3 Å². The quantitative estimate of drug-likeness (QED) is 0.766. The monoisotopic (exact) mass is 332 g/mol. The lowest BCUT2D eigenvalue weighted by molar-refractivity contribution is 0.396. The van der Waals surface area contributed by atoms with Crippen molar-refractivity contribution in [1.29, 1.82) is 0 Å². The number of halogens is 1. The minimum atomic E-state index is 0.721. The van der Waals surface area contributed by atoms with Gasteiger partial charge in [-0.05, 0) is 48.6 Å². The predicted octanol–water partition coefficient (Wildman–Crippen LogP) is 4.02. The third-order valence-corrected chi connectivity index (χ3v) is 4.53. The first-order chi connectivity index (χ1) is 10.6. The van der Waals surface area contributed by atoms with Crippen LogP contribution in [0, 0.1) is 0 Å². The van der Waals surface area contributed by atoms with Crippen LogP contribution in [0.4, 0.5) is 5.82 Å². The van der Waals surface area contributed by atoms with E-state index in [9.17, 15) is 0 Å². The van der Waals surface area contributed by atoms with Crippen LogP contribution in [-0.2, 0) is 13.1 Å². The maximum atomic E-state index is 6.09. The smallest absolute Gasteiger partial charge is 0.129 e. The van der Waals surface area contributed by atoms with Crippen molar-refractivity contribution in [2.24, 2.45) is 0 Å². The van der Waals surface area contributed by atoms with E-state index in [0.29, 0.717) is 0 Å². The zero-order chi connectivity index (χ0) is 15.5. The number of nitrogens with zero attached hydrogens (tertiary/aromatic N) is 3. The lowest BCUT2D eigenvalue weighted by Crippen LogP contribution is -2.12. The van der Waals surface area contributed by atoms with E-state index >= 15 is 0 Å². The van der Waals surface area contributed by atoms with Gasteiger partial charge in [0.05, 0.1) is 5.69 Å². The van der Waals surface area contributed by atoms with Crippen molar-refractivity contribution in [1.82, 2.24) is 14.9 Å². The summed E-state index contributed by atoms with van der Waals surface area (Å²) in [7, 11) is 4.05. The lowest BCUT2D eigenvalue weighted by atomic mass is 10.2. The van der Waals surface area contributed by atoms with Crippen LogP contribution in [0.5, 0.6) is 0 Å². The summed E-state index contributed by atoms with van der Waals surface area (Å²) in [5.74, 6) is 0.841. The molecule has 0 saturated heterocycles. The molecular weight excluding hydrogens is 316 g/mol. The second-order valence-corrected chi connectivity index (χ2v) is 6.74. The van der Waals surface area contributed by atoms with Gasteiger partial charge in [0.1, 0.15) is 12.1 Å². The summed E-state index contributed by atoms with van der Waals surface area (Å²) >= 11 is 7.82. The maximum absolute atomic E-state index is 6.09. The highest BCUT2D eigenvalue weighted by atomic mass is 35.5. The third-order valence-electron chi connectivity index (χ3n) is 3.28. The Hall–Kier alpha value is -1.69. The number of hydrogen-bond acceptors (Lipinski definition) is 5. The Balaban J connectivity index is 1.75. The van der Waals surface area contributed by atoms with Gasteiger partial charge in [-0.15, -0.1) is 11.3 Å². The molecule has 0 aliphatic carbocycles. The van der Waals surface area contributed by atoms with Gasteiger partial charge in [-0.1, -0.05) is 11.6 Å². The fourth-order valence-electron chi connectivity index (χ4n) is 2.28. The molecule has 0 bridgehead atoms. The number of aromatic nitrogens is 2. The Morgan fingerprint density at radius 1 is 1.23 bits per heavy atom. The SMILES string of the molecule is CN(C)Cc1cc(NCc2csc3ccc(Cl)cc23)ncn1. The summed E-state index contributed by atoms with van der Waals surface area (Å²) in [4.78, 5) is 10.6. The summed E-state index contributed by atoms with van der Waals surface area (Å²) in [6, 6.07) is 7.99. The molecule has 0 saturated carbocycles. The molecule has 1 N–H and O–H groups in total. The van der Waals surface area contributed by atoms with Crippen LogP contribution in [0.1, 0.15) is 11.3 Å². The largest absolute Gasteiger partial charge is 0.366 e. The van der Waals surface area contributed by atoms with Gasteiger partial charge in [-0.3, -0.25) is 0 Å². The fourth-order valence-corrected chi connectivity index (χ4v) is 3.40. The molecule has 6 heteroatoms. The Labute approximate surface area is 138 Å². The first-order valence-electron chi connectivity index (χ1n) is 6.97. The van der Waals surface area contributed by atoms with Crippen LogP contribution in [0.25, 0.3) is 10.1 Å². The maximum Gasteiger partial charge on any atom is 0.129 e. The van der Waals surface area contributed by atoms with E-state index < -0.39 is 0 Å². The molecule has 4 nitrogen and oxygen atoms in total. The highest BCUT2D eigenvalue weighted by molar-refractivity contribution is 7.17. The molecule has 2 heterocycles. The number of fused-ring (bicyclic) bond motifs is 1. The summed E-state index contributed by atoms with van der Waals surface area (Å²) in [5.41, 5.74) is 2.23. The van der Waals surface area contributed by atoms with Gasteiger partial charge < -0.3 is 10.2 Å². The van der Waals surface area contributed by atoms with Gasteiger partial charge in [-0.25, -0.2) is 9.97 Å². The second-order valence-electron chi connectivity index (χ2n) is 5.39. The van der Waals surface area contributed by atoms with Crippen molar-refractivity contribution in [2.75, 3.05) is 19.4 Å². The van der Waals surface area contributed by atoms with Crippen molar-refractivity contribution in [2.45, 2.75) is 13.1 Å². The van der Waals surface area contributed by atoms with E-state index in [1.165, 1.54) is 15.6 Å². The fraction of sp³-hybridized carbons (Fsp3) is 0.250. The van der Waals surface area contributed by atoms with Crippen LogP contribution in [0.3, 0.4) is 0 Å². The average molecular weight is 333 g/mol. The molecule has 0 fully saturated rings. The molecule has 0 radical (unpaired) electrons. The van der Waals surface area contributed by atoms with Crippen molar-refractivity contribution < 1.29 is 0 Å². The van der Waals surface area contributed by atoms with Gasteiger partial charge in [-0.2, -0.15) is 0 Å². The summed E-state index contributed by atoms with van der Waals surface area (Å²) in [6.07, 6.45) is 1.60. The Morgan fingerprint density at radius 2 is 2.09 bits per heavy atom. The minimum Gasteiger partial charge on any atom is -0.366 e. The highest BCUT2D eigenvalue weighted by Gasteiger charge is 2.06. The molecule has 22 heavy (non-hydrogen) atoms. The number of rotatable bonds is 5. The Morgan fingerprint density at radius 3 is 2.91 bits per heavy atom. The van der Waals surface area contributed by atoms with Crippen LogP contribution >= 0.6 is 22.9 Å². The van der Waals surface area contributed by atoms with E-state index in [1.54, 1.807) is 17.7 Å². The van der Waals surface area contributed by atoms with E-state index in [2.05, 4.69) is 31.6 Å². The summed E-state index contributed by atoms with van der Waals surface area (Å²) in [5, 5.41) is 7.50. The molecule has 114 valence electrons. The number of benzene rings is 1. The van der Waals surface area contributed by atoms with Crippen molar-refractivity contribution in [3.63, 3.8) is 0 Å². The van der Waals surface area contributed by atoms with Gasteiger partial charge in [0, 0.05) is 28.9 Å². The van der Waals surface area contributed by atoms with E-state index in [4.69, 9.17) is 11.6 Å². The second kappa shape index (κ2) is 6.60. The Bertz CT molecular complexity index is 785. The van der Waals surface area contributed by atoms with Gasteiger partial charge >= 0.3 is 0 Å². The van der Waals surface area contributed by atoms with E-state index in [0.717, 1.165) is 29.6 Å². The first kappa shape index (κ1) is 15.2. The first-order valence-corrected chi connectivity index (χ1v) is 8.23. The molecule has 0 aliphatic heterocycles. The topological polar surface area (TPSA) is 41.0 Å². The molecule has 2 aromatic heterocycles. The zero-order valence-electron chi connectivity index (χ0n) is 12.5. The molecule has 3 rings (SSSR count). The highest BCUT2D eigenvalue weighted by Crippen LogP contribution is 2.29. The average Bonchev–Trinajstić information content (AvgIpc) is 2.87. The standard InChI is InChI=1S/C16H17ClN4S/c1-21(2)8-13-6-16(20-10-19-13)18-7-11-9-22-15-4-3-12(17)5-14(11)15/h3-6,9-10H,7-8H2,1-2H3,(H,18,19,20). The van der Waals surface area contributed by atoms with Gasteiger partial charge in [0.25, 0.3) is 0 Å². The number of anilines is 1. The van der Waals surface area contributed by atoms with Gasteiger partial charge in [0.2, 0.25) is 0 Å². The molecular formula is C16H17ClN4S. The molecule has 0 amide bonds. The van der Waals surface area contributed by atoms with Crippen LogP contribution in [0.15, 0.2) is 36.0 Å². The van der Waals surface area contributed by atoms with Gasteiger partial charge in [0.15, 0.2) is 0 Å². The molecule has 0 unspecified atom stereocenters. The zero-order valence-corrected chi connectivity index (χ0v) is 14.1. The molecule has 0 aliphatic rings. The number of nitrogens with one attached hydrogen (secondary N) is 1. The van der Waals surface area contributed by atoms with Crippen molar-refractivity contribution in [3.8, 4) is 0 Å². The van der Waals surface area contributed by atoms with Crippen molar-refractivity contribution in [3.05, 3.63) is 52.3 Å². The lowest BCUT2D eigenvalue weighted by Gasteiger charge is -2.10. The molecule has 3 aromatic rings. The Kier molecular flexibility index (Phi) is 4.57. The third kappa shape index (κ3) is 3.55. The summed E-state index contributed by atoms with van der Waals surface area (Å²) < 4.78 is 1.25. The normalized spacial score (nSPS) is 11.3. The summed E-state index contributed by atoms with van der Waals surface area (Å²) in [6.45, 7) is 1.52. The molecule has 0 atom stereocenters. The molecule has 0 spiro atoms.